The highest BCUT2D eigenvalue weighted by atomic mass is 16.2. The summed E-state index contributed by atoms with van der Waals surface area (Å²) in [6.07, 6.45) is 0. The smallest absolute Gasteiger partial charge is 0.254 e. The van der Waals surface area contributed by atoms with Crippen molar-refractivity contribution in [2.24, 2.45) is 5.92 Å². The zero-order valence-corrected chi connectivity index (χ0v) is 12.9. The molecule has 2 rings (SSSR count). The largest absolute Gasteiger partial charge is 0.378 e. The number of nitrogens with zero attached hydrogens (tertiary/aromatic N) is 2. The summed E-state index contributed by atoms with van der Waals surface area (Å²) in [5.74, 6) is 0.614. The Kier molecular flexibility index (Phi) is 4.65. The van der Waals surface area contributed by atoms with E-state index in [1.54, 1.807) is 0 Å². The van der Waals surface area contributed by atoms with Crippen molar-refractivity contribution >= 4 is 11.6 Å². The number of anilines is 1. The first-order chi connectivity index (χ1) is 9.50. The molecule has 0 radical (unpaired) electrons. The van der Waals surface area contributed by atoms with Crippen LogP contribution in [0.25, 0.3) is 0 Å². The van der Waals surface area contributed by atoms with Crippen LogP contribution in [-0.2, 0) is 0 Å². The number of hydrogen-bond acceptors (Lipinski definition) is 3. The van der Waals surface area contributed by atoms with E-state index >= 15 is 0 Å². The summed E-state index contributed by atoms with van der Waals surface area (Å²) < 4.78 is 0. The Morgan fingerprint density at radius 1 is 1.30 bits per heavy atom. The molecule has 1 heterocycles. The third-order valence-electron chi connectivity index (χ3n) is 3.94. The maximum absolute atomic E-state index is 12.7. The third-order valence-corrected chi connectivity index (χ3v) is 3.94. The lowest BCUT2D eigenvalue weighted by Crippen LogP contribution is -2.55. The van der Waals surface area contributed by atoms with E-state index in [2.05, 4.69) is 19.2 Å². The highest BCUT2D eigenvalue weighted by Crippen LogP contribution is 2.18. The van der Waals surface area contributed by atoms with Gasteiger partial charge in [-0.15, -0.1) is 0 Å². The molecule has 1 amide bonds. The normalized spacial score (nSPS) is 19.2. The van der Waals surface area contributed by atoms with E-state index in [-0.39, 0.29) is 11.9 Å². The molecule has 0 spiro atoms. The van der Waals surface area contributed by atoms with E-state index in [0.717, 1.165) is 30.9 Å². The first-order valence-corrected chi connectivity index (χ1v) is 7.29. The molecule has 1 N–H and O–H groups in total. The summed E-state index contributed by atoms with van der Waals surface area (Å²) in [6, 6.07) is 8.14. The zero-order valence-electron chi connectivity index (χ0n) is 12.9. The molecule has 1 aliphatic heterocycles. The van der Waals surface area contributed by atoms with Crippen molar-refractivity contribution in [3.05, 3.63) is 29.8 Å². The second-order valence-corrected chi connectivity index (χ2v) is 5.96. The fourth-order valence-electron chi connectivity index (χ4n) is 2.64. The van der Waals surface area contributed by atoms with Crippen molar-refractivity contribution in [3.8, 4) is 0 Å². The van der Waals surface area contributed by atoms with Gasteiger partial charge in [0.1, 0.15) is 0 Å². The molecule has 0 aliphatic carbocycles. The van der Waals surface area contributed by atoms with Crippen molar-refractivity contribution in [2.75, 3.05) is 38.6 Å². The molecule has 1 fully saturated rings. The maximum atomic E-state index is 12.7. The van der Waals surface area contributed by atoms with E-state index in [4.69, 9.17) is 0 Å². The van der Waals surface area contributed by atoms with Crippen molar-refractivity contribution < 1.29 is 4.79 Å². The number of amides is 1. The molecule has 1 unspecified atom stereocenters. The van der Waals surface area contributed by atoms with Gasteiger partial charge in [0.25, 0.3) is 5.91 Å². The summed E-state index contributed by atoms with van der Waals surface area (Å²) in [5, 5.41) is 3.38. The molecule has 1 saturated heterocycles. The minimum Gasteiger partial charge on any atom is -0.378 e. The van der Waals surface area contributed by atoms with E-state index in [1.807, 2.05) is 48.2 Å². The maximum Gasteiger partial charge on any atom is 0.254 e. The predicted octanol–water partition coefficient (Wildman–Crippen LogP) is 1.82. The molecule has 4 nitrogen and oxygen atoms in total. The van der Waals surface area contributed by atoms with E-state index in [0.29, 0.717) is 5.92 Å². The van der Waals surface area contributed by atoms with Crippen LogP contribution >= 0.6 is 0 Å². The molecule has 110 valence electrons. The Morgan fingerprint density at radius 3 is 2.50 bits per heavy atom. The molecule has 20 heavy (non-hydrogen) atoms. The number of piperazine rings is 1. The van der Waals surface area contributed by atoms with Gasteiger partial charge in [0.05, 0.1) is 0 Å². The van der Waals surface area contributed by atoms with Crippen LogP contribution in [-0.4, -0.2) is 50.6 Å². The molecule has 0 aromatic heterocycles. The monoisotopic (exact) mass is 275 g/mol. The zero-order chi connectivity index (χ0) is 14.7. The number of hydrogen-bond donors (Lipinski definition) is 1. The van der Waals surface area contributed by atoms with Crippen molar-refractivity contribution in [1.82, 2.24) is 10.2 Å². The van der Waals surface area contributed by atoms with Gasteiger partial charge >= 0.3 is 0 Å². The molecule has 1 aliphatic rings. The predicted molar refractivity (Wildman–Crippen MR) is 83.3 cm³/mol. The lowest BCUT2D eigenvalue weighted by atomic mass is 9.99. The van der Waals surface area contributed by atoms with Gasteiger partial charge in [-0.25, -0.2) is 0 Å². The van der Waals surface area contributed by atoms with Crippen LogP contribution < -0.4 is 10.2 Å². The third kappa shape index (κ3) is 3.12. The Balaban J connectivity index is 2.16. The van der Waals surface area contributed by atoms with Crippen LogP contribution in [0, 0.1) is 5.92 Å². The molecule has 1 atom stereocenters. The first kappa shape index (κ1) is 14.9. The number of nitrogens with one attached hydrogen (secondary N) is 1. The summed E-state index contributed by atoms with van der Waals surface area (Å²) in [5.41, 5.74) is 1.89. The quantitative estimate of drug-likeness (QED) is 0.914. The molecule has 4 heteroatoms. The van der Waals surface area contributed by atoms with Gasteiger partial charge in [0.15, 0.2) is 0 Å². The standard InChI is InChI=1S/C16H25N3O/c1-12(2)15-11-17-9-10-19(15)16(20)13-5-7-14(8-6-13)18(3)4/h5-8,12,15,17H,9-11H2,1-4H3. The average molecular weight is 275 g/mol. The highest BCUT2D eigenvalue weighted by Gasteiger charge is 2.29. The minimum absolute atomic E-state index is 0.149. The van der Waals surface area contributed by atoms with E-state index < -0.39 is 0 Å². The molecular weight excluding hydrogens is 250 g/mol. The number of rotatable bonds is 3. The second-order valence-electron chi connectivity index (χ2n) is 5.96. The van der Waals surface area contributed by atoms with Gasteiger partial charge in [0.2, 0.25) is 0 Å². The summed E-state index contributed by atoms with van der Waals surface area (Å²) >= 11 is 0. The number of carbonyl (C=O) groups excluding carboxylic acids is 1. The van der Waals surface area contributed by atoms with Gasteiger partial charge in [0, 0.05) is 51.0 Å². The van der Waals surface area contributed by atoms with Gasteiger partial charge in [-0.1, -0.05) is 13.8 Å². The van der Waals surface area contributed by atoms with Gasteiger partial charge in [-0.05, 0) is 30.2 Å². The van der Waals surface area contributed by atoms with Crippen LogP contribution in [0.5, 0.6) is 0 Å². The van der Waals surface area contributed by atoms with Crippen LogP contribution in [0.3, 0.4) is 0 Å². The van der Waals surface area contributed by atoms with Gasteiger partial charge in [-0.3, -0.25) is 4.79 Å². The topological polar surface area (TPSA) is 35.6 Å². The van der Waals surface area contributed by atoms with Crippen LogP contribution in [0.4, 0.5) is 5.69 Å². The van der Waals surface area contributed by atoms with E-state index in [1.165, 1.54) is 0 Å². The van der Waals surface area contributed by atoms with Gasteiger partial charge in [-0.2, -0.15) is 0 Å². The Bertz CT molecular complexity index is 453. The van der Waals surface area contributed by atoms with Crippen molar-refractivity contribution in [1.29, 1.82) is 0 Å². The second kappa shape index (κ2) is 6.27. The fraction of sp³-hybridized carbons (Fsp3) is 0.562. The molecule has 0 saturated carbocycles. The number of carbonyl (C=O) groups is 1. The first-order valence-electron chi connectivity index (χ1n) is 7.29. The van der Waals surface area contributed by atoms with Crippen molar-refractivity contribution in [2.45, 2.75) is 19.9 Å². The SMILES string of the molecule is CC(C)C1CNCCN1C(=O)c1ccc(N(C)C)cc1. The van der Waals surface area contributed by atoms with Crippen LogP contribution in [0.1, 0.15) is 24.2 Å². The van der Waals surface area contributed by atoms with E-state index in [9.17, 15) is 4.79 Å². The molecule has 1 aromatic rings. The summed E-state index contributed by atoms with van der Waals surface area (Å²) in [4.78, 5) is 16.7. The average Bonchev–Trinajstić information content (AvgIpc) is 2.46. The summed E-state index contributed by atoms with van der Waals surface area (Å²) in [6.45, 7) is 6.90. The van der Waals surface area contributed by atoms with Gasteiger partial charge < -0.3 is 15.1 Å². The highest BCUT2D eigenvalue weighted by molar-refractivity contribution is 5.95. The molecule has 0 bridgehead atoms. The fourth-order valence-corrected chi connectivity index (χ4v) is 2.64. The van der Waals surface area contributed by atoms with Crippen LogP contribution in [0.15, 0.2) is 24.3 Å². The lowest BCUT2D eigenvalue weighted by Gasteiger charge is -2.38. The number of benzene rings is 1. The summed E-state index contributed by atoms with van der Waals surface area (Å²) in [7, 11) is 4.00. The Labute approximate surface area is 121 Å². The Hall–Kier alpha value is -1.55. The lowest BCUT2D eigenvalue weighted by molar-refractivity contribution is 0.0573. The minimum atomic E-state index is 0.149. The van der Waals surface area contributed by atoms with Crippen molar-refractivity contribution in [3.63, 3.8) is 0 Å². The molecular formula is C16H25N3O. The molecule has 1 aromatic carbocycles. The van der Waals surface area contributed by atoms with Crippen LogP contribution in [0.2, 0.25) is 0 Å². The Morgan fingerprint density at radius 2 is 1.95 bits per heavy atom.